The van der Waals surface area contributed by atoms with Crippen LogP contribution in [0.25, 0.3) is 0 Å². The van der Waals surface area contributed by atoms with Crippen LogP contribution in [0.1, 0.15) is 120 Å². The van der Waals surface area contributed by atoms with E-state index in [1.165, 1.54) is 6.92 Å². The number of esters is 1. The molecule has 0 radical (unpaired) electrons. The van der Waals surface area contributed by atoms with Crippen LogP contribution in [-0.4, -0.2) is 128 Å². The van der Waals surface area contributed by atoms with E-state index in [9.17, 15) is 35.4 Å². The van der Waals surface area contributed by atoms with Crippen LogP contribution >= 0.6 is 0 Å². The number of hydrogen-bond acceptors (Lipinski definition) is 13. The zero-order chi connectivity index (χ0) is 40.2. The fourth-order valence-electron chi connectivity index (χ4n) is 13.5. The lowest BCUT2D eigenvalue weighted by atomic mass is 9.39. The van der Waals surface area contributed by atoms with Gasteiger partial charge in [-0.15, -0.1) is 0 Å². The van der Waals surface area contributed by atoms with Crippen LogP contribution in [0.5, 0.6) is 0 Å². The zero-order valence-corrected chi connectivity index (χ0v) is 34.4. The van der Waals surface area contributed by atoms with Gasteiger partial charge < -0.3 is 59.1 Å². The third-order valence-corrected chi connectivity index (χ3v) is 16.6. The summed E-state index contributed by atoms with van der Waals surface area (Å²) < 4.78 is 37.5. The van der Waals surface area contributed by atoms with Crippen molar-refractivity contribution in [3.63, 3.8) is 0 Å². The Hall–Kier alpha value is -0.970. The Labute approximate surface area is 326 Å². The first kappa shape index (κ1) is 42.2. The molecule has 3 aliphatic heterocycles. The minimum Gasteiger partial charge on any atom is -0.463 e. The molecule has 316 valence electrons. The second-order valence-corrected chi connectivity index (χ2v) is 20.5. The van der Waals surface area contributed by atoms with E-state index >= 15 is 0 Å². The lowest BCUT2D eigenvalue weighted by molar-refractivity contribution is -0.325. The van der Waals surface area contributed by atoms with Crippen LogP contribution in [0.15, 0.2) is 0 Å². The number of ether oxygens (including phenoxy) is 6. The standard InChI is InChI=1S/C42H70O13/c1-20-31(44)33(46)35(48)36(51-20)52-25-18-24-22(41(8)15-12-23(30(25)41)42(9)17-14-29(55-42)39(5,6)49)10-11-27-38(3,4)28(13-16-40(24,27)7)54-37-34(47)32(45)26(53-37)19-50-21(2)43/h20,22-37,44-49H,10-19H2,1-9H3/t20-,22?,23?,24?,25+,26-,27?,28?,29?,30?,31-,32-,33-,34+,35+,36-,37-,40+,41+,42-/m0/s1. The molecule has 13 nitrogen and oxygen atoms in total. The van der Waals surface area contributed by atoms with E-state index in [1.54, 1.807) is 6.92 Å². The molecular formula is C42H70O13. The maximum absolute atomic E-state index is 11.4. The highest BCUT2D eigenvalue weighted by Crippen LogP contribution is 2.72. The smallest absolute Gasteiger partial charge is 0.302 e. The summed E-state index contributed by atoms with van der Waals surface area (Å²) in [6, 6.07) is 0. The van der Waals surface area contributed by atoms with E-state index in [1.807, 2.05) is 13.8 Å². The van der Waals surface area contributed by atoms with E-state index in [0.717, 1.165) is 57.8 Å². The summed E-state index contributed by atoms with van der Waals surface area (Å²) in [4.78, 5) is 11.4. The number of aliphatic hydroxyl groups is 6. The van der Waals surface area contributed by atoms with Crippen molar-refractivity contribution in [1.29, 1.82) is 0 Å². The topological polar surface area (TPSA) is 194 Å². The lowest BCUT2D eigenvalue weighted by Gasteiger charge is -2.67. The monoisotopic (exact) mass is 782 g/mol. The normalized spacial score (nSPS) is 53.7. The molecule has 7 aliphatic rings. The van der Waals surface area contributed by atoms with E-state index in [-0.39, 0.29) is 64.8 Å². The van der Waals surface area contributed by atoms with Crippen molar-refractivity contribution in [3.8, 4) is 0 Å². The number of fused-ring (bicyclic) bond motifs is 5. The second kappa shape index (κ2) is 14.6. The molecule has 0 bridgehead atoms. The molecule has 13 heteroatoms. The van der Waals surface area contributed by atoms with Crippen LogP contribution in [0.3, 0.4) is 0 Å². The Morgan fingerprint density at radius 3 is 2.05 bits per heavy atom. The van der Waals surface area contributed by atoms with Crippen LogP contribution in [0.2, 0.25) is 0 Å². The molecule has 7 fully saturated rings. The highest BCUT2D eigenvalue weighted by Gasteiger charge is 2.69. The van der Waals surface area contributed by atoms with Crippen LogP contribution in [0.4, 0.5) is 0 Å². The van der Waals surface area contributed by atoms with Crippen molar-refractivity contribution in [2.75, 3.05) is 6.61 Å². The maximum Gasteiger partial charge on any atom is 0.302 e. The first-order valence-electron chi connectivity index (χ1n) is 21.1. The summed E-state index contributed by atoms with van der Waals surface area (Å²) in [5.74, 6) is 0.677. The van der Waals surface area contributed by atoms with E-state index in [2.05, 4.69) is 34.6 Å². The molecule has 0 aromatic carbocycles. The van der Waals surface area contributed by atoms with Gasteiger partial charge in [-0.3, -0.25) is 4.79 Å². The minimum atomic E-state index is -1.41. The van der Waals surface area contributed by atoms with Crippen molar-refractivity contribution in [3.05, 3.63) is 0 Å². The Morgan fingerprint density at radius 2 is 1.40 bits per heavy atom. The number of carbonyl (C=O) groups is 1. The van der Waals surface area contributed by atoms with E-state index in [4.69, 9.17) is 28.4 Å². The molecule has 4 aliphatic carbocycles. The molecule has 0 spiro atoms. The molecule has 6 N–H and O–H groups in total. The quantitative estimate of drug-likeness (QED) is 0.156. The number of hydrogen-bond donors (Lipinski definition) is 6. The molecule has 55 heavy (non-hydrogen) atoms. The van der Waals surface area contributed by atoms with Gasteiger partial charge in [-0.2, -0.15) is 0 Å². The summed E-state index contributed by atoms with van der Waals surface area (Å²) in [7, 11) is 0. The zero-order valence-electron chi connectivity index (χ0n) is 34.4. The van der Waals surface area contributed by atoms with E-state index < -0.39 is 72.5 Å². The molecule has 0 amide bonds. The largest absolute Gasteiger partial charge is 0.463 e. The van der Waals surface area contributed by atoms with Gasteiger partial charge in [0.1, 0.15) is 43.2 Å². The average molecular weight is 783 g/mol. The summed E-state index contributed by atoms with van der Waals surface area (Å²) in [5, 5.41) is 65.1. The Balaban J connectivity index is 1.16. The predicted molar refractivity (Wildman–Crippen MR) is 198 cm³/mol. The van der Waals surface area contributed by atoms with Gasteiger partial charge in [-0.1, -0.05) is 27.7 Å². The van der Waals surface area contributed by atoms with Crippen molar-refractivity contribution in [2.24, 2.45) is 45.8 Å². The van der Waals surface area contributed by atoms with Crippen molar-refractivity contribution < 1.29 is 63.9 Å². The third kappa shape index (κ3) is 7.04. The summed E-state index contributed by atoms with van der Waals surface area (Å²) >= 11 is 0. The fraction of sp³-hybridized carbons (Fsp3) is 0.976. The highest BCUT2D eigenvalue weighted by molar-refractivity contribution is 5.65. The molecule has 0 aromatic heterocycles. The minimum absolute atomic E-state index is 0.0783. The Kier molecular flexibility index (Phi) is 11.2. The van der Waals surface area contributed by atoms with Gasteiger partial charge in [0.15, 0.2) is 12.6 Å². The number of rotatable bonds is 8. The van der Waals surface area contributed by atoms with Crippen molar-refractivity contribution >= 4 is 5.97 Å². The molecule has 3 saturated heterocycles. The summed E-state index contributed by atoms with van der Waals surface area (Å²) in [6.07, 6.45) is -3.16. The molecular weight excluding hydrogens is 712 g/mol. The number of aliphatic hydroxyl groups excluding tert-OH is 5. The van der Waals surface area contributed by atoms with Gasteiger partial charge in [0.25, 0.3) is 0 Å². The summed E-state index contributed by atoms with van der Waals surface area (Å²) in [6.45, 7) is 18.0. The second-order valence-electron chi connectivity index (χ2n) is 20.5. The SMILES string of the molecule is CC(=O)OC[C@@H]1O[C@@H](OC2CC[C@]3(C)C4C[C@@H](O[C@@H]5O[C@@H](C)[C@H](O)[C@H](O)[C@H]5O)C5C([C@]6(C)CCC(C(C)(C)O)O6)CC[C@]5(C)C4CCC3C2(C)C)[C@H](O)[C@H]1O. The van der Waals surface area contributed by atoms with Crippen LogP contribution in [0, 0.1) is 45.8 Å². The lowest BCUT2D eigenvalue weighted by Crippen LogP contribution is -2.64. The maximum atomic E-state index is 11.4. The Morgan fingerprint density at radius 1 is 0.745 bits per heavy atom. The Bertz CT molecular complexity index is 1400. The van der Waals surface area contributed by atoms with E-state index in [0.29, 0.717) is 5.92 Å². The van der Waals surface area contributed by atoms with Crippen molar-refractivity contribution in [1.82, 2.24) is 0 Å². The highest BCUT2D eigenvalue weighted by atomic mass is 16.7. The first-order valence-corrected chi connectivity index (χ1v) is 21.1. The third-order valence-electron chi connectivity index (χ3n) is 16.6. The molecule has 7 rings (SSSR count). The predicted octanol–water partition coefficient (Wildman–Crippen LogP) is 3.21. The van der Waals surface area contributed by atoms with Gasteiger partial charge >= 0.3 is 5.97 Å². The molecule has 20 atom stereocenters. The van der Waals surface area contributed by atoms with Crippen LogP contribution in [-0.2, 0) is 33.2 Å². The van der Waals surface area contributed by atoms with Gasteiger partial charge in [0.05, 0.1) is 35.6 Å². The van der Waals surface area contributed by atoms with Gasteiger partial charge in [0, 0.05) is 6.92 Å². The molecule has 7 unspecified atom stereocenters. The van der Waals surface area contributed by atoms with Gasteiger partial charge in [-0.05, 0) is 131 Å². The average Bonchev–Trinajstić information content (AvgIpc) is 3.77. The van der Waals surface area contributed by atoms with Gasteiger partial charge in [0.2, 0.25) is 0 Å². The molecule has 3 heterocycles. The molecule has 4 saturated carbocycles. The number of carbonyl (C=O) groups excluding carboxylic acids is 1. The fourth-order valence-corrected chi connectivity index (χ4v) is 13.5. The summed E-state index contributed by atoms with van der Waals surface area (Å²) in [5.41, 5.74) is -1.95. The van der Waals surface area contributed by atoms with Crippen molar-refractivity contribution in [2.45, 2.75) is 205 Å². The molecule has 0 aromatic rings. The van der Waals surface area contributed by atoms with Crippen LogP contribution < -0.4 is 0 Å². The first-order chi connectivity index (χ1) is 25.5. The van der Waals surface area contributed by atoms with Gasteiger partial charge in [-0.25, -0.2) is 0 Å².